The van der Waals surface area contributed by atoms with E-state index in [1.807, 2.05) is 35.0 Å². The van der Waals surface area contributed by atoms with E-state index in [4.69, 9.17) is 10.1 Å². The number of aromatic nitrogens is 3. The number of carbonyl (C=O) groups excluding carboxylic acids is 1. The average Bonchev–Trinajstić information content (AvgIpc) is 3.12. The number of benzene rings is 2. The summed E-state index contributed by atoms with van der Waals surface area (Å²) in [6.45, 7) is 4.23. The van der Waals surface area contributed by atoms with Gasteiger partial charge in [0.05, 0.1) is 0 Å². The summed E-state index contributed by atoms with van der Waals surface area (Å²) in [4.78, 5) is 18.0. The summed E-state index contributed by atoms with van der Waals surface area (Å²) in [6, 6.07) is 14.2. The molecule has 3 aromatic rings. The SMILES string of the molecule is CC1(C)CC(=O)C2=C(C1)Nc1nc(SCc3cccc(F)c3)nn1[C@H]2c1cccc(Br)c1. The zero-order valence-corrected chi connectivity index (χ0v) is 20.1. The van der Waals surface area contributed by atoms with Gasteiger partial charge in [0.25, 0.3) is 0 Å². The number of ketones is 1. The van der Waals surface area contributed by atoms with E-state index >= 15 is 0 Å². The van der Waals surface area contributed by atoms with Gasteiger partial charge >= 0.3 is 0 Å². The van der Waals surface area contributed by atoms with Gasteiger partial charge in [-0.25, -0.2) is 9.07 Å². The molecule has 1 atom stereocenters. The van der Waals surface area contributed by atoms with Gasteiger partial charge in [-0.2, -0.15) is 4.98 Å². The highest BCUT2D eigenvalue weighted by atomic mass is 79.9. The molecular formula is C24H22BrFN4OS. The molecule has 1 aliphatic carbocycles. The first kappa shape index (κ1) is 21.4. The maximum atomic E-state index is 13.5. The largest absolute Gasteiger partial charge is 0.328 e. The predicted molar refractivity (Wildman–Crippen MR) is 127 cm³/mol. The lowest BCUT2D eigenvalue weighted by Crippen LogP contribution is -2.36. The highest BCUT2D eigenvalue weighted by Gasteiger charge is 2.41. The van der Waals surface area contributed by atoms with E-state index in [9.17, 15) is 9.18 Å². The van der Waals surface area contributed by atoms with Gasteiger partial charge in [0.1, 0.15) is 11.9 Å². The number of fused-ring (bicyclic) bond motifs is 1. The second kappa shape index (κ2) is 8.15. The molecule has 32 heavy (non-hydrogen) atoms. The molecule has 0 radical (unpaired) electrons. The molecule has 5 rings (SSSR count). The molecule has 1 aliphatic heterocycles. The number of nitrogens with one attached hydrogen (secondary N) is 1. The Hall–Kier alpha value is -2.45. The summed E-state index contributed by atoms with van der Waals surface area (Å²) in [6.07, 6.45) is 1.28. The van der Waals surface area contributed by atoms with Crippen LogP contribution in [0.25, 0.3) is 0 Å². The standard InChI is InChI=1S/C24H22BrFN4OS/c1-24(2)11-18-20(19(31)12-24)21(15-6-4-7-16(25)10-15)30-22(27-18)28-23(29-30)32-13-14-5-3-8-17(26)9-14/h3-10,21H,11-13H2,1-2H3,(H,27,28,29)/t21-/m0/s1. The third-order valence-corrected chi connectivity index (χ3v) is 7.14. The molecule has 164 valence electrons. The van der Waals surface area contributed by atoms with Crippen molar-refractivity contribution in [3.63, 3.8) is 0 Å². The molecule has 1 aromatic heterocycles. The van der Waals surface area contributed by atoms with Gasteiger partial charge in [-0.05, 0) is 47.2 Å². The molecule has 0 fully saturated rings. The molecule has 0 amide bonds. The topological polar surface area (TPSA) is 59.8 Å². The first-order chi connectivity index (χ1) is 15.3. The molecule has 2 heterocycles. The minimum Gasteiger partial charge on any atom is -0.328 e. The van der Waals surface area contributed by atoms with Crippen LogP contribution in [0.2, 0.25) is 0 Å². The zero-order valence-electron chi connectivity index (χ0n) is 17.7. The number of rotatable bonds is 4. The monoisotopic (exact) mass is 512 g/mol. The predicted octanol–water partition coefficient (Wildman–Crippen LogP) is 6.13. The summed E-state index contributed by atoms with van der Waals surface area (Å²) >= 11 is 5.00. The number of nitrogens with zero attached hydrogens (tertiary/aromatic N) is 3. The number of halogens is 2. The number of Topliss-reactive ketones (excluding diaryl/α,β-unsaturated/α-hetero) is 1. The lowest BCUT2D eigenvalue weighted by Gasteiger charge is -2.38. The van der Waals surface area contributed by atoms with Crippen molar-refractivity contribution in [2.75, 3.05) is 5.32 Å². The van der Waals surface area contributed by atoms with Crippen LogP contribution in [0.1, 0.15) is 43.9 Å². The van der Waals surface area contributed by atoms with Crippen molar-refractivity contribution in [1.82, 2.24) is 14.8 Å². The third-order valence-electron chi connectivity index (χ3n) is 5.73. The van der Waals surface area contributed by atoms with Crippen LogP contribution < -0.4 is 5.32 Å². The molecule has 0 spiro atoms. The third kappa shape index (κ3) is 4.13. The fourth-order valence-corrected chi connectivity index (χ4v) is 5.60. The summed E-state index contributed by atoms with van der Waals surface area (Å²) in [5.41, 5.74) is 3.43. The molecule has 0 bridgehead atoms. The van der Waals surface area contributed by atoms with Crippen molar-refractivity contribution in [3.8, 4) is 0 Å². The van der Waals surface area contributed by atoms with Gasteiger partial charge in [0.15, 0.2) is 5.78 Å². The van der Waals surface area contributed by atoms with Crippen LogP contribution in [0.15, 0.2) is 69.4 Å². The normalized spacial score (nSPS) is 19.4. The second-order valence-electron chi connectivity index (χ2n) is 9.00. The van der Waals surface area contributed by atoms with Crippen LogP contribution in [0.4, 0.5) is 10.3 Å². The highest BCUT2D eigenvalue weighted by molar-refractivity contribution is 9.10. The van der Waals surface area contributed by atoms with E-state index in [0.29, 0.717) is 23.3 Å². The van der Waals surface area contributed by atoms with Crippen LogP contribution in [-0.4, -0.2) is 20.5 Å². The lowest BCUT2D eigenvalue weighted by atomic mass is 9.73. The van der Waals surface area contributed by atoms with Crippen LogP contribution >= 0.6 is 27.7 Å². The van der Waals surface area contributed by atoms with Gasteiger partial charge in [0, 0.05) is 27.9 Å². The molecule has 8 heteroatoms. The van der Waals surface area contributed by atoms with Crippen LogP contribution in [0, 0.1) is 11.2 Å². The Kier molecular flexibility index (Phi) is 5.45. The molecule has 1 N–H and O–H groups in total. The second-order valence-corrected chi connectivity index (χ2v) is 10.9. The highest BCUT2D eigenvalue weighted by Crippen LogP contribution is 2.46. The van der Waals surface area contributed by atoms with Crippen molar-refractivity contribution in [1.29, 1.82) is 0 Å². The zero-order chi connectivity index (χ0) is 22.5. The number of carbonyl (C=O) groups is 1. The molecular weight excluding hydrogens is 491 g/mol. The Morgan fingerprint density at radius 1 is 1.22 bits per heavy atom. The van der Waals surface area contributed by atoms with Crippen LogP contribution in [-0.2, 0) is 10.5 Å². The van der Waals surface area contributed by atoms with E-state index in [2.05, 4.69) is 35.1 Å². The van der Waals surface area contributed by atoms with E-state index < -0.39 is 0 Å². The Balaban J connectivity index is 1.53. The average molecular weight is 513 g/mol. The van der Waals surface area contributed by atoms with Gasteiger partial charge in [-0.15, -0.1) is 5.10 Å². The van der Waals surface area contributed by atoms with E-state index in [1.54, 1.807) is 6.07 Å². The summed E-state index contributed by atoms with van der Waals surface area (Å²) in [5.74, 6) is 1.07. The minimum atomic E-state index is -0.335. The molecule has 0 saturated carbocycles. The van der Waals surface area contributed by atoms with E-state index in [-0.39, 0.29) is 23.1 Å². The lowest BCUT2D eigenvalue weighted by molar-refractivity contribution is -0.118. The summed E-state index contributed by atoms with van der Waals surface area (Å²) in [7, 11) is 0. The maximum Gasteiger partial charge on any atom is 0.227 e. The number of anilines is 1. The molecule has 2 aromatic carbocycles. The van der Waals surface area contributed by atoms with Crippen LogP contribution in [0.3, 0.4) is 0 Å². The van der Waals surface area contributed by atoms with Gasteiger partial charge in [0.2, 0.25) is 11.1 Å². The van der Waals surface area contributed by atoms with E-state index in [1.165, 1.54) is 23.9 Å². The van der Waals surface area contributed by atoms with E-state index in [0.717, 1.165) is 33.3 Å². The van der Waals surface area contributed by atoms with Crippen molar-refractivity contribution in [3.05, 3.63) is 81.2 Å². The maximum absolute atomic E-state index is 13.5. The molecule has 0 unspecified atom stereocenters. The quantitative estimate of drug-likeness (QED) is 0.426. The molecule has 0 saturated heterocycles. The van der Waals surface area contributed by atoms with Crippen molar-refractivity contribution in [2.45, 2.75) is 43.6 Å². The van der Waals surface area contributed by atoms with Crippen LogP contribution in [0.5, 0.6) is 0 Å². The first-order valence-corrected chi connectivity index (χ1v) is 12.2. The summed E-state index contributed by atoms with van der Waals surface area (Å²) in [5, 5.41) is 8.72. The Morgan fingerprint density at radius 3 is 2.81 bits per heavy atom. The van der Waals surface area contributed by atoms with Crippen molar-refractivity contribution >= 4 is 39.4 Å². The number of hydrogen-bond donors (Lipinski definition) is 1. The fraction of sp³-hybridized carbons (Fsp3) is 0.292. The Morgan fingerprint density at radius 2 is 2.03 bits per heavy atom. The molecule has 2 aliphatic rings. The summed E-state index contributed by atoms with van der Waals surface area (Å²) < 4.78 is 16.3. The smallest absolute Gasteiger partial charge is 0.227 e. The van der Waals surface area contributed by atoms with Crippen molar-refractivity contribution in [2.24, 2.45) is 5.41 Å². The van der Waals surface area contributed by atoms with Gasteiger partial charge < -0.3 is 5.32 Å². The minimum absolute atomic E-state index is 0.109. The number of thioether (sulfide) groups is 1. The molecule has 5 nitrogen and oxygen atoms in total. The van der Waals surface area contributed by atoms with Gasteiger partial charge in [-0.1, -0.05) is 65.8 Å². The first-order valence-electron chi connectivity index (χ1n) is 10.4. The van der Waals surface area contributed by atoms with Gasteiger partial charge in [-0.3, -0.25) is 4.79 Å². The van der Waals surface area contributed by atoms with Crippen molar-refractivity contribution < 1.29 is 9.18 Å². The number of hydrogen-bond acceptors (Lipinski definition) is 5. The Labute approximate surface area is 198 Å². The fourth-order valence-electron chi connectivity index (χ4n) is 4.41. The number of allylic oxidation sites excluding steroid dienone is 2. The Bertz CT molecular complexity index is 1250.